The van der Waals surface area contributed by atoms with Crippen LogP contribution in [0, 0.1) is 23.2 Å². The minimum Gasteiger partial charge on any atom is -0.481 e. The van der Waals surface area contributed by atoms with Crippen LogP contribution in [0.2, 0.25) is 0 Å². The first-order valence-electron chi connectivity index (χ1n) is 7.76. The molecule has 5 heteroatoms. The molecule has 1 saturated heterocycles. The van der Waals surface area contributed by atoms with Gasteiger partial charge in [0.05, 0.1) is 5.41 Å². The fraction of sp³-hybridized carbons (Fsp3) is 0.867. The zero-order chi connectivity index (χ0) is 14.3. The van der Waals surface area contributed by atoms with Gasteiger partial charge in [-0.05, 0) is 56.8 Å². The minimum atomic E-state index is -0.804. The number of aliphatic carboxylic acids is 1. The summed E-state index contributed by atoms with van der Waals surface area (Å²) in [5, 5.41) is 12.2. The molecular weight excluding hydrogens is 256 g/mol. The maximum Gasteiger partial charge on any atom is 0.317 e. The standard InChI is InChI=1S/C15H24N2O3/c1-15(13(18)19)6-7-17(9-15)14(20)16-8-12(10-2-3-10)11-4-5-11/h10-12H,2-9H2,1H3,(H,16,20)(H,18,19). The molecule has 3 rings (SSSR count). The molecule has 1 atom stereocenters. The molecule has 3 aliphatic rings. The SMILES string of the molecule is CC1(C(=O)O)CCN(C(=O)NCC(C2CC2)C2CC2)C1. The Bertz CT molecular complexity index is 405. The van der Waals surface area contributed by atoms with E-state index in [2.05, 4.69) is 5.32 Å². The third-order valence-electron chi connectivity index (χ3n) is 5.22. The predicted molar refractivity (Wildman–Crippen MR) is 74.3 cm³/mol. The van der Waals surface area contributed by atoms with Gasteiger partial charge in [0.25, 0.3) is 0 Å². The van der Waals surface area contributed by atoms with Crippen molar-refractivity contribution in [3.8, 4) is 0 Å². The van der Waals surface area contributed by atoms with Gasteiger partial charge < -0.3 is 15.3 Å². The van der Waals surface area contributed by atoms with Crippen molar-refractivity contribution in [3.05, 3.63) is 0 Å². The van der Waals surface area contributed by atoms with Crippen LogP contribution in [0.3, 0.4) is 0 Å². The van der Waals surface area contributed by atoms with Crippen LogP contribution >= 0.6 is 0 Å². The average molecular weight is 280 g/mol. The molecule has 2 N–H and O–H groups in total. The van der Waals surface area contributed by atoms with E-state index >= 15 is 0 Å². The van der Waals surface area contributed by atoms with Gasteiger partial charge in [-0.1, -0.05) is 0 Å². The number of carbonyl (C=O) groups excluding carboxylic acids is 1. The van der Waals surface area contributed by atoms with Crippen molar-refractivity contribution >= 4 is 12.0 Å². The molecular formula is C15H24N2O3. The summed E-state index contributed by atoms with van der Waals surface area (Å²) in [7, 11) is 0. The topological polar surface area (TPSA) is 69.6 Å². The summed E-state index contributed by atoms with van der Waals surface area (Å²) < 4.78 is 0. The molecule has 1 aliphatic heterocycles. The van der Waals surface area contributed by atoms with E-state index < -0.39 is 11.4 Å². The third-order valence-corrected chi connectivity index (χ3v) is 5.22. The van der Waals surface area contributed by atoms with Crippen molar-refractivity contribution in [2.75, 3.05) is 19.6 Å². The summed E-state index contributed by atoms with van der Waals surface area (Å²) in [6.07, 6.45) is 5.82. The summed E-state index contributed by atoms with van der Waals surface area (Å²) in [6, 6.07) is -0.0822. The fourth-order valence-corrected chi connectivity index (χ4v) is 3.39. The van der Waals surface area contributed by atoms with Gasteiger partial charge in [-0.25, -0.2) is 4.79 Å². The summed E-state index contributed by atoms with van der Waals surface area (Å²) in [4.78, 5) is 25.0. The molecule has 0 aromatic rings. The Balaban J connectivity index is 1.48. The molecule has 2 saturated carbocycles. The number of hydrogen-bond donors (Lipinski definition) is 2. The molecule has 2 aliphatic carbocycles. The van der Waals surface area contributed by atoms with Crippen LogP contribution < -0.4 is 5.32 Å². The quantitative estimate of drug-likeness (QED) is 0.808. The zero-order valence-corrected chi connectivity index (χ0v) is 12.1. The molecule has 0 aromatic carbocycles. The van der Waals surface area contributed by atoms with Crippen LogP contribution in [0.1, 0.15) is 39.0 Å². The second-order valence-corrected chi connectivity index (χ2v) is 7.06. The monoisotopic (exact) mass is 280 g/mol. The first kappa shape index (κ1) is 13.7. The molecule has 0 bridgehead atoms. The Kier molecular flexibility index (Phi) is 3.38. The molecule has 20 heavy (non-hydrogen) atoms. The van der Waals surface area contributed by atoms with Crippen LogP contribution in [-0.4, -0.2) is 41.6 Å². The second-order valence-electron chi connectivity index (χ2n) is 7.06. The third kappa shape index (κ3) is 2.76. The van der Waals surface area contributed by atoms with Gasteiger partial charge in [-0.3, -0.25) is 4.79 Å². The van der Waals surface area contributed by atoms with Crippen LogP contribution in [-0.2, 0) is 4.79 Å². The number of nitrogens with zero attached hydrogens (tertiary/aromatic N) is 1. The molecule has 112 valence electrons. The van der Waals surface area contributed by atoms with Crippen molar-refractivity contribution < 1.29 is 14.7 Å². The number of urea groups is 1. The minimum absolute atomic E-state index is 0.0822. The Morgan fingerprint density at radius 1 is 1.30 bits per heavy atom. The molecule has 3 fully saturated rings. The summed E-state index contributed by atoms with van der Waals surface area (Å²) in [5.74, 6) is 1.50. The van der Waals surface area contributed by atoms with E-state index in [-0.39, 0.29) is 6.03 Å². The van der Waals surface area contributed by atoms with Gasteiger partial charge in [0.1, 0.15) is 0 Å². The van der Waals surface area contributed by atoms with Crippen LogP contribution in [0.15, 0.2) is 0 Å². The maximum absolute atomic E-state index is 12.2. The van der Waals surface area contributed by atoms with Crippen LogP contribution in [0.25, 0.3) is 0 Å². The Labute approximate surface area is 119 Å². The maximum atomic E-state index is 12.2. The number of amides is 2. The predicted octanol–water partition coefficient (Wildman–Crippen LogP) is 1.93. The summed E-state index contributed by atoms with van der Waals surface area (Å²) in [6.45, 7) is 3.37. The number of likely N-dealkylation sites (tertiary alicyclic amines) is 1. The van der Waals surface area contributed by atoms with Gasteiger partial charge >= 0.3 is 12.0 Å². The Morgan fingerprint density at radius 3 is 2.35 bits per heavy atom. The van der Waals surface area contributed by atoms with E-state index in [0.29, 0.717) is 25.4 Å². The van der Waals surface area contributed by atoms with Gasteiger partial charge in [0.2, 0.25) is 0 Å². The number of carboxylic acids is 1. The van der Waals surface area contributed by atoms with E-state index in [1.165, 1.54) is 25.7 Å². The second kappa shape index (κ2) is 4.93. The fourth-order valence-electron chi connectivity index (χ4n) is 3.39. The van der Waals surface area contributed by atoms with Crippen LogP contribution in [0.5, 0.6) is 0 Å². The van der Waals surface area contributed by atoms with E-state index in [1.807, 2.05) is 0 Å². The van der Waals surface area contributed by atoms with Crippen molar-refractivity contribution in [2.45, 2.75) is 39.0 Å². The molecule has 0 spiro atoms. The van der Waals surface area contributed by atoms with Crippen molar-refractivity contribution in [2.24, 2.45) is 23.2 Å². The van der Waals surface area contributed by atoms with Gasteiger partial charge in [0.15, 0.2) is 0 Å². The highest BCUT2D eigenvalue weighted by Gasteiger charge is 2.44. The van der Waals surface area contributed by atoms with Gasteiger partial charge in [0, 0.05) is 19.6 Å². The van der Waals surface area contributed by atoms with E-state index in [0.717, 1.165) is 18.4 Å². The molecule has 0 radical (unpaired) electrons. The number of carboxylic acid groups (broad SMARTS) is 1. The zero-order valence-electron chi connectivity index (χ0n) is 12.1. The highest BCUT2D eigenvalue weighted by atomic mass is 16.4. The molecule has 2 amide bonds. The Morgan fingerprint density at radius 2 is 1.90 bits per heavy atom. The number of carbonyl (C=O) groups is 2. The van der Waals surface area contributed by atoms with E-state index in [4.69, 9.17) is 0 Å². The molecule has 1 unspecified atom stereocenters. The summed E-state index contributed by atoms with van der Waals surface area (Å²) in [5.41, 5.74) is -0.774. The van der Waals surface area contributed by atoms with Crippen molar-refractivity contribution in [1.29, 1.82) is 0 Å². The lowest BCUT2D eigenvalue weighted by atomic mass is 9.90. The summed E-state index contributed by atoms with van der Waals surface area (Å²) >= 11 is 0. The lowest BCUT2D eigenvalue weighted by Crippen LogP contribution is -2.43. The van der Waals surface area contributed by atoms with E-state index in [1.54, 1.807) is 11.8 Å². The average Bonchev–Trinajstić information content (AvgIpc) is 3.30. The molecule has 0 aromatic heterocycles. The van der Waals surface area contributed by atoms with E-state index in [9.17, 15) is 14.7 Å². The van der Waals surface area contributed by atoms with Crippen LogP contribution in [0.4, 0.5) is 4.79 Å². The first-order valence-corrected chi connectivity index (χ1v) is 7.76. The highest BCUT2D eigenvalue weighted by molar-refractivity contribution is 5.79. The molecule has 5 nitrogen and oxygen atoms in total. The number of nitrogens with one attached hydrogen (secondary N) is 1. The molecule has 1 heterocycles. The largest absolute Gasteiger partial charge is 0.481 e. The highest BCUT2D eigenvalue weighted by Crippen LogP contribution is 2.48. The lowest BCUT2D eigenvalue weighted by Gasteiger charge is -2.22. The lowest BCUT2D eigenvalue weighted by molar-refractivity contribution is -0.146. The Hall–Kier alpha value is -1.26. The smallest absolute Gasteiger partial charge is 0.317 e. The normalized spacial score (nSPS) is 29.8. The van der Waals surface area contributed by atoms with Crippen molar-refractivity contribution in [1.82, 2.24) is 10.2 Å². The van der Waals surface area contributed by atoms with Gasteiger partial charge in [-0.15, -0.1) is 0 Å². The van der Waals surface area contributed by atoms with Gasteiger partial charge in [-0.2, -0.15) is 0 Å². The number of rotatable bonds is 5. The first-order chi connectivity index (χ1) is 9.49. The number of hydrogen-bond acceptors (Lipinski definition) is 2. The van der Waals surface area contributed by atoms with Crippen molar-refractivity contribution in [3.63, 3.8) is 0 Å².